The standard InChI is InChI=1S/C12H17FO4/c1-8(7-11(14)15)5-6-10(13)9(2)12(16-3)17-4/h5-7,12H,1-4H3,(H,14,15)/b6-5?,8-7+,10-9?. The van der Waals surface area contributed by atoms with E-state index in [9.17, 15) is 9.18 Å². The van der Waals surface area contributed by atoms with Crippen LogP contribution < -0.4 is 0 Å². The van der Waals surface area contributed by atoms with E-state index in [0.29, 0.717) is 5.57 Å². The third-order valence-corrected chi connectivity index (χ3v) is 2.00. The van der Waals surface area contributed by atoms with Crippen LogP contribution >= 0.6 is 0 Å². The number of carboxylic acids is 1. The lowest BCUT2D eigenvalue weighted by Gasteiger charge is -2.13. The lowest BCUT2D eigenvalue weighted by atomic mass is 10.2. The summed E-state index contributed by atoms with van der Waals surface area (Å²) in [6.07, 6.45) is 2.79. The molecule has 0 rings (SSSR count). The second kappa shape index (κ2) is 7.76. The molecule has 0 aliphatic carbocycles. The van der Waals surface area contributed by atoms with Crippen LogP contribution in [-0.4, -0.2) is 31.6 Å². The summed E-state index contributed by atoms with van der Waals surface area (Å²) in [6, 6.07) is 0. The Labute approximate surface area is 100 Å². The number of hydrogen-bond donors (Lipinski definition) is 1. The minimum atomic E-state index is -1.07. The lowest BCUT2D eigenvalue weighted by Crippen LogP contribution is -2.15. The monoisotopic (exact) mass is 244 g/mol. The first-order valence-electron chi connectivity index (χ1n) is 4.93. The highest BCUT2D eigenvalue weighted by Gasteiger charge is 2.11. The normalized spacial score (nSPS) is 14.4. The van der Waals surface area contributed by atoms with Crippen LogP contribution in [0.1, 0.15) is 13.8 Å². The van der Waals surface area contributed by atoms with Gasteiger partial charge in [0.2, 0.25) is 0 Å². The Morgan fingerprint density at radius 3 is 2.18 bits per heavy atom. The smallest absolute Gasteiger partial charge is 0.328 e. The average Bonchev–Trinajstić information content (AvgIpc) is 2.26. The summed E-state index contributed by atoms with van der Waals surface area (Å²) < 4.78 is 23.4. The first-order chi connectivity index (χ1) is 7.92. The highest BCUT2D eigenvalue weighted by atomic mass is 19.1. The summed E-state index contributed by atoms with van der Waals surface area (Å²) in [5.41, 5.74) is 0.723. The minimum absolute atomic E-state index is 0.286. The molecule has 5 heteroatoms. The fourth-order valence-corrected chi connectivity index (χ4v) is 1.14. The molecular formula is C12H17FO4. The Hall–Kier alpha value is -1.46. The predicted molar refractivity (Wildman–Crippen MR) is 62.1 cm³/mol. The van der Waals surface area contributed by atoms with Crippen molar-refractivity contribution in [2.45, 2.75) is 20.1 Å². The number of allylic oxidation sites excluding steroid dienone is 4. The van der Waals surface area contributed by atoms with E-state index in [4.69, 9.17) is 14.6 Å². The van der Waals surface area contributed by atoms with Gasteiger partial charge in [-0.15, -0.1) is 0 Å². The van der Waals surface area contributed by atoms with Gasteiger partial charge in [0.15, 0.2) is 6.29 Å². The summed E-state index contributed by atoms with van der Waals surface area (Å²) in [5, 5.41) is 8.47. The molecule has 0 aliphatic heterocycles. The molecule has 0 atom stereocenters. The van der Waals surface area contributed by atoms with Crippen molar-refractivity contribution in [2.24, 2.45) is 0 Å². The number of carbonyl (C=O) groups is 1. The van der Waals surface area contributed by atoms with Crippen LogP contribution in [0.4, 0.5) is 4.39 Å². The molecule has 96 valence electrons. The Kier molecular flexibility index (Phi) is 7.09. The molecule has 0 aromatic heterocycles. The number of halogens is 1. The zero-order valence-electron chi connectivity index (χ0n) is 10.4. The molecule has 4 nitrogen and oxygen atoms in total. The van der Waals surface area contributed by atoms with E-state index in [0.717, 1.165) is 6.08 Å². The Bertz CT molecular complexity index is 352. The third-order valence-electron chi connectivity index (χ3n) is 2.00. The third kappa shape index (κ3) is 5.99. The highest BCUT2D eigenvalue weighted by Crippen LogP contribution is 2.15. The van der Waals surface area contributed by atoms with Crippen molar-refractivity contribution < 1.29 is 23.8 Å². The van der Waals surface area contributed by atoms with Gasteiger partial charge in [-0.25, -0.2) is 9.18 Å². The van der Waals surface area contributed by atoms with E-state index in [2.05, 4.69) is 0 Å². The molecule has 0 bridgehead atoms. The van der Waals surface area contributed by atoms with Crippen LogP contribution in [0.5, 0.6) is 0 Å². The SMILES string of the molecule is COC(OC)C(C)=C(F)C=C/C(C)=C/C(=O)O. The Morgan fingerprint density at radius 2 is 1.76 bits per heavy atom. The van der Waals surface area contributed by atoms with Crippen molar-refractivity contribution in [2.75, 3.05) is 14.2 Å². The van der Waals surface area contributed by atoms with E-state index >= 15 is 0 Å². The van der Waals surface area contributed by atoms with Crippen LogP contribution in [0.15, 0.2) is 35.2 Å². The molecule has 0 heterocycles. The van der Waals surface area contributed by atoms with Gasteiger partial charge in [0.1, 0.15) is 5.83 Å². The van der Waals surface area contributed by atoms with Gasteiger partial charge in [0.05, 0.1) is 0 Å². The fourth-order valence-electron chi connectivity index (χ4n) is 1.14. The molecule has 0 saturated carbocycles. The number of aliphatic carboxylic acids is 1. The van der Waals surface area contributed by atoms with E-state index < -0.39 is 18.1 Å². The van der Waals surface area contributed by atoms with Gasteiger partial charge in [0, 0.05) is 25.9 Å². The van der Waals surface area contributed by atoms with Crippen molar-refractivity contribution in [3.8, 4) is 0 Å². The molecule has 0 unspecified atom stereocenters. The van der Waals surface area contributed by atoms with E-state index in [1.807, 2.05) is 0 Å². The average molecular weight is 244 g/mol. The number of methoxy groups -OCH3 is 2. The first-order valence-corrected chi connectivity index (χ1v) is 4.93. The molecule has 17 heavy (non-hydrogen) atoms. The van der Waals surface area contributed by atoms with Crippen molar-refractivity contribution in [1.29, 1.82) is 0 Å². The van der Waals surface area contributed by atoms with Crippen molar-refractivity contribution >= 4 is 5.97 Å². The summed E-state index contributed by atoms with van der Waals surface area (Å²) in [6.45, 7) is 3.10. The number of ether oxygens (including phenoxy) is 2. The van der Waals surface area contributed by atoms with Gasteiger partial charge in [-0.05, 0) is 25.5 Å². The molecule has 0 spiro atoms. The summed E-state index contributed by atoms with van der Waals surface area (Å²) in [5.74, 6) is -1.59. The quantitative estimate of drug-likeness (QED) is 0.443. The van der Waals surface area contributed by atoms with Crippen molar-refractivity contribution in [3.05, 3.63) is 35.2 Å². The summed E-state index contributed by atoms with van der Waals surface area (Å²) >= 11 is 0. The van der Waals surface area contributed by atoms with Crippen LogP contribution in [0, 0.1) is 0 Å². The second-order valence-corrected chi connectivity index (χ2v) is 3.39. The van der Waals surface area contributed by atoms with E-state index in [-0.39, 0.29) is 5.57 Å². The van der Waals surface area contributed by atoms with Gasteiger partial charge in [-0.1, -0.05) is 6.08 Å². The highest BCUT2D eigenvalue weighted by molar-refractivity contribution is 5.81. The van der Waals surface area contributed by atoms with Crippen molar-refractivity contribution in [1.82, 2.24) is 0 Å². The number of carboxylic acid groups (broad SMARTS) is 1. The second-order valence-electron chi connectivity index (χ2n) is 3.39. The van der Waals surface area contributed by atoms with E-state index in [1.54, 1.807) is 6.92 Å². The topological polar surface area (TPSA) is 55.8 Å². The molecule has 0 amide bonds. The number of rotatable bonds is 6. The lowest BCUT2D eigenvalue weighted by molar-refractivity contribution is -0.131. The maximum absolute atomic E-state index is 13.6. The Balaban J connectivity index is 4.83. The molecular weight excluding hydrogens is 227 g/mol. The van der Waals surface area contributed by atoms with Crippen LogP contribution in [-0.2, 0) is 14.3 Å². The van der Waals surface area contributed by atoms with Gasteiger partial charge in [-0.3, -0.25) is 0 Å². The summed E-state index contributed by atoms with van der Waals surface area (Å²) in [7, 11) is 2.81. The minimum Gasteiger partial charge on any atom is -0.478 e. The summed E-state index contributed by atoms with van der Waals surface area (Å²) in [4.78, 5) is 10.3. The first kappa shape index (κ1) is 15.5. The molecule has 0 fully saturated rings. The zero-order valence-corrected chi connectivity index (χ0v) is 10.4. The number of hydrogen-bond acceptors (Lipinski definition) is 3. The molecule has 0 aromatic carbocycles. The maximum atomic E-state index is 13.6. The van der Waals surface area contributed by atoms with Gasteiger partial charge >= 0.3 is 5.97 Å². The van der Waals surface area contributed by atoms with Crippen LogP contribution in [0.25, 0.3) is 0 Å². The van der Waals surface area contributed by atoms with Gasteiger partial charge in [0.25, 0.3) is 0 Å². The Morgan fingerprint density at radius 1 is 1.24 bits per heavy atom. The molecule has 1 N–H and O–H groups in total. The predicted octanol–water partition coefficient (Wildman–Crippen LogP) is 2.44. The molecule has 0 saturated heterocycles. The van der Waals surface area contributed by atoms with Gasteiger partial charge in [-0.2, -0.15) is 0 Å². The van der Waals surface area contributed by atoms with Gasteiger partial charge < -0.3 is 14.6 Å². The molecule has 0 aromatic rings. The molecule has 0 aliphatic rings. The fraction of sp³-hybridized carbons (Fsp3) is 0.417. The van der Waals surface area contributed by atoms with E-state index in [1.165, 1.54) is 33.3 Å². The van der Waals surface area contributed by atoms with Crippen LogP contribution in [0.3, 0.4) is 0 Å². The zero-order chi connectivity index (χ0) is 13.4. The maximum Gasteiger partial charge on any atom is 0.328 e. The largest absolute Gasteiger partial charge is 0.478 e. The van der Waals surface area contributed by atoms with Crippen LogP contribution in [0.2, 0.25) is 0 Å². The molecule has 0 radical (unpaired) electrons. The van der Waals surface area contributed by atoms with Crippen molar-refractivity contribution in [3.63, 3.8) is 0 Å².